The molecule has 1 heterocycles. The van der Waals surface area contributed by atoms with Gasteiger partial charge in [0.25, 0.3) is 0 Å². The molecule has 0 aliphatic carbocycles. The summed E-state index contributed by atoms with van der Waals surface area (Å²) < 4.78 is 42.1. The molecule has 0 unspecified atom stereocenters. The lowest BCUT2D eigenvalue weighted by Crippen LogP contribution is -2.08. The molecule has 0 saturated heterocycles. The lowest BCUT2D eigenvalue weighted by Gasteiger charge is -2.06. The highest BCUT2D eigenvalue weighted by Crippen LogP contribution is 2.15. The summed E-state index contributed by atoms with van der Waals surface area (Å²) >= 11 is 0. The van der Waals surface area contributed by atoms with E-state index in [1.165, 1.54) is 24.3 Å². The van der Waals surface area contributed by atoms with Crippen LogP contribution in [0.3, 0.4) is 0 Å². The number of benzene rings is 1. The van der Waals surface area contributed by atoms with Crippen molar-refractivity contribution in [1.82, 2.24) is 4.98 Å². The maximum atomic E-state index is 12.3. The van der Waals surface area contributed by atoms with Gasteiger partial charge in [-0.05, 0) is 29.3 Å². The van der Waals surface area contributed by atoms with E-state index in [1.807, 2.05) is 0 Å². The molecule has 116 valence electrons. The Bertz CT molecular complexity index is 732. The minimum absolute atomic E-state index is 0.0156. The molecule has 1 aromatic carbocycles. The smallest absolute Gasteiger partial charge is 0.461 e. The molecule has 0 saturated carbocycles. The van der Waals surface area contributed by atoms with Gasteiger partial charge < -0.3 is 8.92 Å². The number of carbonyl (C=O) groups excluding carboxylic acids is 1. The molecular formula is C14H12FNO5S. The highest BCUT2D eigenvalue weighted by Gasteiger charge is 2.09. The van der Waals surface area contributed by atoms with Crippen LogP contribution in [0.2, 0.25) is 0 Å². The Hall–Kier alpha value is -2.48. The van der Waals surface area contributed by atoms with Crippen molar-refractivity contribution in [2.45, 2.75) is 13.0 Å². The first kappa shape index (κ1) is 15.9. The van der Waals surface area contributed by atoms with E-state index in [0.717, 1.165) is 5.56 Å². The zero-order chi connectivity index (χ0) is 16.0. The maximum absolute atomic E-state index is 12.3. The Kier molecular flexibility index (Phi) is 5.05. The van der Waals surface area contributed by atoms with Crippen LogP contribution in [-0.4, -0.2) is 19.4 Å². The highest BCUT2D eigenvalue weighted by molar-refractivity contribution is 7.81. The van der Waals surface area contributed by atoms with Crippen molar-refractivity contribution in [3.05, 3.63) is 59.9 Å². The number of nitrogens with zero attached hydrogens (tertiary/aromatic N) is 1. The molecule has 0 aliphatic rings. The number of rotatable bonds is 6. The number of carbonyl (C=O) groups is 1. The Morgan fingerprint density at radius 2 is 1.86 bits per heavy atom. The molecule has 0 atom stereocenters. The molecule has 2 aromatic rings. The first-order valence-electron chi connectivity index (χ1n) is 6.20. The van der Waals surface area contributed by atoms with Crippen LogP contribution in [0.4, 0.5) is 3.89 Å². The lowest BCUT2D eigenvalue weighted by molar-refractivity contribution is -0.144. The SMILES string of the molecule is O=C(Cc1cccnc1)OCc1ccc(OS(=O)(=O)F)cc1. The van der Waals surface area contributed by atoms with Crippen molar-refractivity contribution >= 4 is 16.5 Å². The summed E-state index contributed by atoms with van der Waals surface area (Å²) in [7, 11) is -5.04. The van der Waals surface area contributed by atoms with Gasteiger partial charge in [0.2, 0.25) is 0 Å². The minimum Gasteiger partial charge on any atom is -0.461 e. The second kappa shape index (κ2) is 6.99. The third kappa shape index (κ3) is 5.49. The van der Waals surface area contributed by atoms with E-state index in [4.69, 9.17) is 4.74 Å². The van der Waals surface area contributed by atoms with E-state index in [0.29, 0.717) is 5.56 Å². The van der Waals surface area contributed by atoms with Crippen molar-refractivity contribution in [3.63, 3.8) is 0 Å². The molecule has 1 aromatic heterocycles. The van der Waals surface area contributed by atoms with Crippen LogP contribution in [0.15, 0.2) is 48.8 Å². The van der Waals surface area contributed by atoms with E-state index in [2.05, 4.69) is 9.17 Å². The third-order valence-electron chi connectivity index (χ3n) is 2.59. The standard InChI is InChI=1S/C14H12FNO5S/c15-22(18,19)21-13-5-3-11(4-6-13)10-20-14(17)8-12-2-1-7-16-9-12/h1-7,9H,8,10H2. The maximum Gasteiger partial charge on any atom is 0.488 e. The fraction of sp³-hybridized carbons (Fsp3) is 0.143. The molecule has 0 N–H and O–H groups in total. The van der Waals surface area contributed by atoms with Gasteiger partial charge in [0.05, 0.1) is 6.42 Å². The van der Waals surface area contributed by atoms with Gasteiger partial charge in [0.1, 0.15) is 12.4 Å². The summed E-state index contributed by atoms with van der Waals surface area (Å²) in [6.07, 6.45) is 3.29. The molecule has 6 nitrogen and oxygen atoms in total. The van der Waals surface area contributed by atoms with Crippen molar-refractivity contribution < 1.29 is 26.0 Å². The van der Waals surface area contributed by atoms with Gasteiger partial charge >= 0.3 is 16.5 Å². The molecule has 0 aliphatic heterocycles. The Morgan fingerprint density at radius 3 is 2.45 bits per heavy atom. The van der Waals surface area contributed by atoms with E-state index >= 15 is 0 Å². The average molecular weight is 325 g/mol. The number of aromatic nitrogens is 1. The summed E-state index contributed by atoms with van der Waals surface area (Å²) in [5.74, 6) is -0.576. The zero-order valence-electron chi connectivity index (χ0n) is 11.3. The van der Waals surface area contributed by atoms with Crippen LogP contribution in [0.5, 0.6) is 5.75 Å². The monoisotopic (exact) mass is 325 g/mol. The van der Waals surface area contributed by atoms with E-state index in [1.54, 1.807) is 24.5 Å². The molecule has 8 heteroatoms. The van der Waals surface area contributed by atoms with Crippen molar-refractivity contribution in [3.8, 4) is 5.75 Å². The molecule has 0 radical (unpaired) electrons. The molecule has 0 fully saturated rings. The minimum atomic E-state index is -5.04. The van der Waals surface area contributed by atoms with Crippen LogP contribution in [0.1, 0.15) is 11.1 Å². The van der Waals surface area contributed by atoms with Gasteiger partial charge in [-0.1, -0.05) is 22.1 Å². The number of ether oxygens (including phenoxy) is 1. The second-order valence-electron chi connectivity index (χ2n) is 4.32. The summed E-state index contributed by atoms with van der Waals surface area (Å²) in [6, 6.07) is 8.95. The van der Waals surface area contributed by atoms with E-state index < -0.39 is 16.5 Å². The Morgan fingerprint density at radius 1 is 1.14 bits per heavy atom. The lowest BCUT2D eigenvalue weighted by atomic mass is 10.2. The van der Waals surface area contributed by atoms with Crippen LogP contribution < -0.4 is 4.18 Å². The van der Waals surface area contributed by atoms with Gasteiger partial charge in [-0.3, -0.25) is 9.78 Å². The van der Waals surface area contributed by atoms with Crippen molar-refractivity contribution in [2.24, 2.45) is 0 Å². The van der Waals surface area contributed by atoms with Gasteiger partial charge in [-0.2, -0.15) is 8.42 Å². The number of pyridine rings is 1. The summed E-state index contributed by atoms with van der Waals surface area (Å²) in [6.45, 7) is 0.0156. The van der Waals surface area contributed by atoms with Gasteiger partial charge in [0.15, 0.2) is 0 Å². The summed E-state index contributed by atoms with van der Waals surface area (Å²) in [5, 5.41) is 0. The van der Waals surface area contributed by atoms with E-state index in [9.17, 15) is 17.1 Å². The quantitative estimate of drug-likeness (QED) is 0.596. The van der Waals surface area contributed by atoms with Gasteiger partial charge in [-0.15, -0.1) is 0 Å². The summed E-state index contributed by atoms with van der Waals surface area (Å²) in [5.41, 5.74) is 1.35. The molecule has 22 heavy (non-hydrogen) atoms. The first-order chi connectivity index (χ1) is 10.4. The largest absolute Gasteiger partial charge is 0.488 e. The molecule has 0 amide bonds. The fourth-order valence-corrected chi connectivity index (χ4v) is 1.98. The van der Waals surface area contributed by atoms with Gasteiger partial charge in [-0.25, -0.2) is 0 Å². The van der Waals surface area contributed by atoms with E-state index in [-0.39, 0.29) is 18.8 Å². The number of hydrogen-bond donors (Lipinski definition) is 0. The predicted octanol–water partition coefficient (Wildman–Crippen LogP) is 1.96. The number of hydrogen-bond acceptors (Lipinski definition) is 6. The van der Waals surface area contributed by atoms with Crippen LogP contribution in [0.25, 0.3) is 0 Å². The normalized spacial score (nSPS) is 11.0. The Balaban J connectivity index is 1.85. The first-order valence-corrected chi connectivity index (χ1v) is 7.51. The summed E-state index contributed by atoms with van der Waals surface area (Å²) in [4.78, 5) is 15.5. The second-order valence-corrected chi connectivity index (χ2v) is 5.27. The fourth-order valence-electron chi connectivity index (χ4n) is 1.64. The highest BCUT2D eigenvalue weighted by atomic mass is 32.3. The molecule has 2 rings (SSSR count). The topological polar surface area (TPSA) is 82.6 Å². The number of esters is 1. The molecular weight excluding hydrogens is 313 g/mol. The van der Waals surface area contributed by atoms with Crippen LogP contribution >= 0.6 is 0 Å². The van der Waals surface area contributed by atoms with Crippen LogP contribution in [0, 0.1) is 0 Å². The van der Waals surface area contributed by atoms with Crippen molar-refractivity contribution in [1.29, 1.82) is 0 Å². The zero-order valence-corrected chi connectivity index (χ0v) is 12.1. The average Bonchev–Trinajstić information content (AvgIpc) is 2.46. The molecule has 0 bridgehead atoms. The van der Waals surface area contributed by atoms with Crippen LogP contribution in [-0.2, 0) is 33.1 Å². The molecule has 0 spiro atoms. The number of halogens is 1. The van der Waals surface area contributed by atoms with Crippen molar-refractivity contribution in [2.75, 3.05) is 0 Å². The predicted molar refractivity (Wildman–Crippen MR) is 74.8 cm³/mol. The van der Waals surface area contributed by atoms with Gasteiger partial charge in [0, 0.05) is 12.4 Å². The Labute approximate surface area is 126 Å². The third-order valence-corrected chi connectivity index (χ3v) is 2.98.